The minimum atomic E-state index is -1.68. The number of aliphatic hydroxyl groups is 3. The van der Waals surface area contributed by atoms with Gasteiger partial charge >= 0.3 is 5.97 Å². The molecule has 0 spiro atoms. The first-order chi connectivity index (χ1) is 14.5. The third kappa shape index (κ3) is 7.93. The molecule has 0 aliphatic rings. The van der Waals surface area contributed by atoms with Gasteiger partial charge in [0.1, 0.15) is 12.1 Å². The number of imidazole rings is 1. The fraction of sp³-hybridized carbons (Fsp3) is 0.588. The van der Waals surface area contributed by atoms with Crippen LogP contribution in [-0.2, 0) is 25.6 Å². The van der Waals surface area contributed by atoms with Crippen molar-refractivity contribution < 1.29 is 39.6 Å². The minimum Gasteiger partial charge on any atom is -0.480 e. The number of hydrogen-bond donors (Lipinski definition) is 9. The van der Waals surface area contributed by atoms with E-state index in [-0.39, 0.29) is 6.42 Å². The zero-order valence-electron chi connectivity index (χ0n) is 17.0. The highest BCUT2D eigenvalue weighted by molar-refractivity contribution is 5.94. The lowest BCUT2D eigenvalue weighted by Crippen LogP contribution is -2.61. The summed E-state index contributed by atoms with van der Waals surface area (Å²) < 4.78 is 0. The molecule has 1 aromatic rings. The molecular formula is C17H28N6O8. The molecule has 0 bridgehead atoms. The van der Waals surface area contributed by atoms with Gasteiger partial charge in [-0.25, -0.2) is 9.78 Å². The van der Waals surface area contributed by atoms with Crippen molar-refractivity contribution in [3.8, 4) is 0 Å². The summed E-state index contributed by atoms with van der Waals surface area (Å²) in [5.74, 6) is -4.39. The number of aliphatic carboxylic acids is 1. The zero-order valence-corrected chi connectivity index (χ0v) is 17.0. The van der Waals surface area contributed by atoms with Crippen LogP contribution in [0.15, 0.2) is 12.5 Å². The molecule has 0 saturated heterocycles. The Balaban J connectivity index is 2.78. The SMILES string of the molecule is CC(O)C(NC(=O)C(NC(=O)C(CO)NC(=O)C(N)Cc1cnc[nH]1)C(C)O)C(=O)O. The molecule has 174 valence electrons. The Bertz CT molecular complexity index is 754. The highest BCUT2D eigenvalue weighted by atomic mass is 16.4. The van der Waals surface area contributed by atoms with Gasteiger partial charge in [0.2, 0.25) is 17.7 Å². The van der Waals surface area contributed by atoms with Crippen LogP contribution in [0.1, 0.15) is 19.5 Å². The van der Waals surface area contributed by atoms with Crippen LogP contribution < -0.4 is 21.7 Å². The Kier molecular flexibility index (Phi) is 10.0. The van der Waals surface area contributed by atoms with Crippen LogP contribution in [0.4, 0.5) is 0 Å². The quantitative estimate of drug-likeness (QED) is 0.150. The first kappa shape index (κ1) is 26.0. The van der Waals surface area contributed by atoms with Gasteiger partial charge in [0.25, 0.3) is 0 Å². The van der Waals surface area contributed by atoms with Gasteiger partial charge in [-0.2, -0.15) is 0 Å². The number of amides is 3. The van der Waals surface area contributed by atoms with Crippen molar-refractivity contribution in [2.45, 2.75) is 56.6 Å². The normalized spacial score (nSPS) is 16.8. The average Bonchev–Trinajstić information content (AvgIpc) is 3.19. The molecule has 1 rings (SSSR count). The summed E-state index contributed by atoms with van der Waals surface area (Å²) in [6.07, 6.45) is 0.0303. The van der Waals surface area contributed by atoms with Crippen LogP contribution in [0.5, 0.6) is 0 Å². The van der Waals surface area contributed by atoms with E-state index in [0.717, 1.165) is 13.8 Å². The summed E-state index contributed by atoms with van der Waals surface area (Å²) in [6.45, 7) is 1.46. The van der Waals surface area contributed by atoms with Crippen LogP contribution in [0.25, 0.3) is 0 Å². The first-order valence-corrected chi connectivity index (χ1v) is 9.31. The second kappa shape index (κ2) is 11.9. The highest BCUT2D eigenvalue weighted by Gasteiger charge is 2.33. The Labute approximate surface area is 177 Å². The van der Waals surface area contributed by atoms with Crippen molar-refractivity contribution in [3.05, 3.63) is 18.2 Å². The topological polar surface area (TPSA) is 240 Å². The maximum Gasteiger partial charge on any atom is 0.328 e. The predicted octanol–water partition coefficient (Wildman–Crippen LogP) is -4.43. The molecule has 1 aromatic heterocycles. The van der Waals surface area contributed by atoms with Crippen LogP contribution in [0, 0.1) is 0 Å². The Morgan fingerprint density at radius 1 is 1.03 bits per heavy atom. The van der Waals surface area contributed by atoms with Gasteiger partial charge in [0.15, 0.2) is 6.04 Å². The number of nitrogens with zero attached hydrogens (tertiary/aromatic N) is 1. The first-order valence-electron chi connectivity index (χ1n) is 9.31. The number of carbonyl (C=O) groups excluding carboxylic acids is 3. The molecule has 3 amide bonds. The molecule has 0 aromatic carbocycles. The van der Waals surface area contributed by atoms with Gasteiger partial charge in [0.05, 0.1) is 31.2 Å². The summed E-state index contributed by atoms with van der Waals surface area (Å²) in [7, 11) is 0. The number of aromatic nitrogens is 2. The lowest BCUT2D eigenvalue weighted by Gasteiger charge is -2.26. The summed E-state index contributed by atoms with van der Waals surface area (Å²) >= 11 is 0. The van der Waals surface area contributed by atoms with Gasteiger partial charge in [-0.15, -0.1) is 0 Å². The van der Waals surface area contributed by atoms with E-state index in [4.69, 9.17) is 10.8 Å². The summed E-state index contributed by atoms with van der Waals surface area (Å²) in [6, 6.07) is -5.88. The number of nitrogens with two attached hydrogens (primary N) is 1. The van der Waals surface area contributed by atoms with E-state index in [2.05, 4.69) is 20.6 Å². The molecule has 14 heteroatoms. The van der Waals surface area contributed by atoms with E-state index >= 15 is 0 Å². The molecule has 0 aliphatic heterocycles. The Hall–Kier alpha value is -3.07. The standard InChI is InChI=1S/C17H28N6O8/c1-7(25)12(16(29)23-13(8(2)26)17(30)31)22-15(28)11(5-24)21-14(27)10(18)3-9-4-19-6-20-9/h4,6-8,10-13,24-26H,3,5,18H2,1-2H3,(H,19,20)(H,21,27)(H,22,28)(H,23,29)(H,30,31). The van der Waals surface area contributed by atoms with Crippen molar-refractivity contribution in [1.29, 1.82) is 0 Å². The maximum atomic E-state index is 12.4. The molecule has 0 radical (unpaired) electrons. The second-order valence-electron chi connectivity index (χ2n) is 6.92. The number of carboxylic acid groups (broad SMARTS) is 1. The van der Waals surface area contributed by atoms with Gasteiger partial charge in [-0.05, 0) is 13.8 Å². The fourth-order valence-electron chi connectivity index (χ4n) is 2.49. The van der Waals surface area contributed by atoms with E-state index < -0.39 is 66.7 Å². The second-order valence-corrected chi connectivity index (χ2v) is 6.92. The van der Waals surface area contributed by atoms with Gasteiger partial charge in [-0.1, -0.05) is 0 Å². The molecule has 14 nitrogen and oxygen atoms in total. The Morgan fingerprint density at radius 3 is 2.06 bits per heavy atom. The summed E-state index contributed by atoms with van der Waals surface area (Å²) in [5.41, 5.74) is 6.34. The molecule has 6 unspecified atom stereocenters. The molecule has 6 atom stereocenters. The van der Waals surface area contributed by atoms with Gasteiger partial charge in [-0.3, -0.25) is 14.4 Å². The highest BCUT2D eigenvalue weighted by Crippen LogP contribution is 2.01. The van der Waals surface area contributed by atoms with Crippen LogP contribution in [-0.4, -0.2) is 97.1 Å². The molecule has 31 heavy (non-hydrogen) atoms. The van der Waals surface area contributed by atoms with E-state index in [1.165, 1.54) is 12.5 Å². The number of aliphatic hydroxyl groups excluding tert-OH is 3. The number of hydrogen-bond acceptors (Lipinski definition) is 9. The number of nitrogens with one attached hydrogen (secondary N) is 4. The summed E-state index contributed by atoms with van der Waals surface area (Å²) in [4.78, 5) is 54.6. The predicted molar refractivity (Wildman–Crippen MR) is 104 cm³/mol. The van der Waals surface area contributed by atoms with Crippen molar-refractivity contribution in [2.24, 2.45) is 5.73 Å². The third-order valence-electron chi connectivity index (χ3n) is 4.26. The maximum absolute atomic E-state index is 12.4. The lowest BCUT2D eigenvalue weighted by atomic mass is 10.1. The zero-order chi connectivity index (χ0) is 23.7. The van der Waals surface area contributed by atoms with Crippen LogP contribution >= 0.6 is 0 Å². The number of carboxylic acids is 1. The van der Waals surface area contributed by atoms with Crippen molar-refractivity contribution in [3.63, 3.8) is 0 Å². The number of H-pyrrole nitrogens is 1. The number of rotatable bonds is 12. The largest absolute Gasteiger partial charge is 0.480 e. The monoisotopic (exact) mass is 444 g/mol. The van der Waals surface area contributed by atoms with Crippen molar-refractivity contribution in [2.75, 3.05) is 6.61 Å². The van der Waals surface area contributed by atoms with E-state index in [9.17, 15) is 34.5 Å². The summed E-state index contributed by atoms with van der Waals surface area (Å²) in [5, 5.41) is 44.1. The van der Waals surface area contributed by atoms with Crippen molar-refractivity contribution >= 4 is 23.7 Å². The smallest absolute Gasteiger partial charge is 0.328 e. The van der Waals surface area contributed by atoms with E-state index in [1.807, 2.05) is 5.32 Å². The fourth-order valence-corrected chi connectivity index (χ4v) is 2.49. The van der Waals surface area contributed by atoms with E-state index in [0.29, 0.717) is 5.69 Å². The lowest BCUT2D eigenvalue weighted by molar-refractivity contribution is -0.146. The third-order valence-corrected chi connectivity index (χ3v) is 4.26. The molecular weight excluding hydrogens is 416 g/mol. The molecule has 1 heterocycles. The molecule has 0 fully saturated rings. The minimum absolute atomic E-state index is 0.0836. The Morgan fingerprint density at radius 2 is 1.61 bits per heavy atom. The number of carbonyl (C=O) groups is 4. The molecule has 10 N–H and O–H groups in total. The van der Waals surface area contributed by atoms with Crippen molar-refractivity contribution in [1.82, 2.24) is 25.9 Å². The molecule has 0 saturated carbocycles. The van der Waals surface area contributed by atoms with Gasteiger partial charge < -0.3 is 47.1 Å². The average molecular weight is 444 g/mol. The molecule has 0 aliphatic carbocycles. The van der Waals surface area contributed by atoms with Crippen LogP contribution in [0.2, 0.25) is 0 Å². The van der Waals surface area contributed by atoms with Crippen LogP contribution in [0.3, 0.4) is 0 Å². The van der Waals surface area contributed by atoms with Gasteiger partial charge in [0, 0.05) is 18.3 Å². The van der Waals surface area contributed by atoms with E-state index in [1.54, 1.807) is 0 Å². The number of aromatic amines is 1.